The van der Waals surface area contributed by atoms with E-state index >= 15 is 0 Å². The highest BCUT2D eigenvalue weighted by molar-refractivity contribution is 6.36. The lowest BCUT2D eigenvalue weighted by Crippen LogP contribution is -2.04. The van der Waals surface area contributed by atoms with Gasteiger partial charge >= 0.3 is 5.97 Å². The zero-order valence-corrected chi connectivity index (χ0v) is 10.1. The molecule has 0 spiro atoms. The van der Waals surface area contributed by atoms with Gasteiger partial charge in [-0.3, -0.25) is 0 Å². The maximum atomic E-state index is 13.7. The van der Waals surface area contributed by atoms with Crippen LogP contribution in [0, 0.1) is 5.82 Å². The van der Waals surface area contributed by atoms with Crippen molar-refractivity contribution in [3.63, 3.8) is 0 Å². The molecule has 6 heteroatoms. The molecule has 1 aromatic carbocycles. The van der Waals surface area contributed by atoms with Gasteiger partial charge in [-0.1, -0.05) is 23.2 Å². The Labute approximate surface area is 106 Å². The lowest BCUT2D eigenvalue weighted by atomic mass is 10.1. The quantitative estimate of drug-likeness (QED) is 0.590. The molecule has 0 unspecified atom stereocenters. The molecule has 0 atom stereocenters. The first kappa shape index (κ1) is 12.1. The summed E-state index contributed by atoms with van der Waals surface area (Å²) in [7, 11) is 1.21. The number of esters is 1. The Morgan fingerprint density at radius 2 is 2.00 bits per heavy atom. The van der Waals surface area contributed by atoms with Gasteiger partial charge < -0.3 is 4.74 Å². The van der Waals surface area contributed by atoms with E-state index in [0.29, 0.717) is 5.39 Å². The lowest BCUT2D eigenvalue weighted by Gasteiger charge is -2.05. The Morgan fingerprint density at radius 1 is 1.29 bits per heavy atom. The van der Waals surface area contributed by atoms with Gasteiger partial charge in [0.15, 0.2) is 5.69 Å². The van der Waals surface area contributed by atoms with Crippen LogP contribution in [0.3, 0.4) is 0 Å². The second-order valence-electron chi connectivity index (χ2n) is 3.27. The molecule has 0 aliphatic heterocycles. The number of hydrogen-bond acceptors (Lipinski definition) is 3. The SMILES string of the molecule is COC(=O)c1cc2c(F)cc(Cl)cc2c(Cl)n1. The van der Waals surface area contributed by atoms with E-state index in [1.807, 2.05) is 0 Å². The molecule has 0 aliphatic carbocycles. The van der Waals surface area contributed by atoms with E-state index < -0.39 is 11.8 Å². The van der Waals surface area contributed by atoms with Gasteiger partial charge in [-0.05, 0) is 18.2 Å². The van der Waals surface area contributed by atoms with Gasteiger partial charge in [0.2, 0.25) is 0 Å². The maximum Gasteiger partial charge on any atom is 0.356 e. The van der Waals surface area contributed by atoms with E-state index in [1.165, 1.54) is 19.2 Å². The minimum Gasteiger partial charge on any atom is -0.464 e. The summed E-state index contributed by atoms with van der Waals surface area (Å²) in [5.41, 5.74) is -0.0498. The monoisotopic (exact) mass is 273 g/mol. The van der Waals surface area contributed by atoms with Gasteiger partial charge in [0.05, 0.1) is 7.11 Å². The van der Waals surface area contributed by atoms with Crippen LogP contribution in [0.2, 0.25) is 10.2 Å². The van der Waals surface area contributed by atoms with Gasteiger partial charge in [-0.15, -0.1) is 0 Å². The molecule has 0 saturated carbocycles. The van der Waals surface area contributed by atoms with Crippen molar-refractivity contribution in [1.82, 2.24) is 4.98 Å². The molecule has 1 aromatic heterocycles. The Hall–Kier alpha value is -1.39. The fraction of sp³-hybridized carbons (Fsp3) is 0.0909. The van der Waals surface area contributed by atoms with Crippen molar-refractivity contribution < 1.29 is 13.9 Å². The van der Waals surface area contributed by atoms with E-state index in [-0.39, 0.29) is 21.3 Å². The minimum atomic E-state index is -0.678. The maximum absolute atomic E-state index is 13.7. The topological polar surface area (TPSA) is 39.2 Å². The Kier molecular flexibility index (Phi) is 3.17. The van der Waals surface area contributed by atoms with Crippen molar-refractivity contribution in [3.8, 4) is 0 Å². The van der Waals surface area contributed by atoms with Gasteiger partial charge in [0.1, 0.15) is 11.0 Å². The number of rotatable bonds is 1. The highest BCUT2D eigenvalue weighted by Crippen LogP contribution is 2.28. The number of hydrogen-bond donors (Lipinski definition) is 0. The molecule has 17 heavy (non-hydrogen) atoms. The highest BCUT2D eigenvalue weighted by Gasteiger charge is 2.14. The van der Waals surface area contributed by atoms with Crippen LogP contribution in [0.4, 0.5) is 4.39 Å². The van der Waals surface area contributed by atoms with Crippen LogP contribution in [0.15, 0.2) is 18.2 Å². The summed E-state index contributed by atoms with van der Waals surface area (Å²) in [4.78, 5) is 15.1. The summed E-state index contributed by atoms with van der Waals surface area (Å²) in [6.45, 7) is 0. The largest absolute Gasteiger partial charge is 0.464 e. The molecular weight excluding hydrogens is 268 g/mol. The van der Waals surface area contributed by atoms with Crippen LogP contribution in [0.25, 0.3) is 10.8 Å². The molecule has 2 rings (SSSR count). The number of methoxy groups -OCH3 is 1. The van der Waals surface area contributed by atoms with Crippen LogP contribution in [0.1, 0.15) is 10.5 Å². The number of carbonyl (C=O) groups excluding carboxylic acids is 1. The Morgan fingerprint density at radius 3 is 2.65 bits per heavy atom. The number of ether oxygens (including phenoxy) is 1. The molecule has 0 N–H and O–H groups in total. The summed E-state index contributed by atoms with van der Waals surface area (Å²) in [5.74, 6) is -1.25. The van der Waals surface area contributed by atoms with E-state index in [1.54, 1.807) is 0 Å². The Balaban J connectivity index is 2.77. The first-order valence-corrected chi connectivity index (χ1v) is 5.32. The molecule has 0 bridgehead atoms. The summed E-state index contributed by atoms with van der Waals surface area (Å²) < 4.78 is 18.1. The number of benzene rings is 1. The standard InChI is InChI=1S/C11H6Cl2FNO2/c1-17-11(16)9-4-6-7(10(13)15-9)2-5(12)3-8(6)14/h2-4H,1H3. The lowest BCUT2D eigenvalue weighted by molar-refractivity contribution is 0.0594. The normalized spacial score (nSPS) is 10.6. The molecule has 0 radical (unpaired) electrons. The predicted molar refractivity (Wildman–Crippen MR) is 63.1 cm³/mol. The third-order valence-electron chi connectivity index (χ3n) is 2.21. The van der Waals surface area contributed by atoms with Crippen molar-refractivity contribution in [2.24, 2.45) is 0 Å². The van der Waals surface area contributed by atoms with Crippen molar-refractivity contribution in [3.05, 3.63) is 39.9 Å². The number of halogens is 3. The fourth-order valence-corrected chi connectivity index (χ4v) is 1.90. The number of fused-ring (bicyclic) bond motifs is 1. The molecule has 88 valence electrons. The van der Waals surface area contributed by atoms with Crippen LogP contribution in [0.5, 0.6) is 0 Å². The van der Waals surface area contributed by atoms with E-state index in [2.05, 4.69) is 9.72 Å². The minimum absolute atomic E-state index is 0.00398. The third kappa shape index (κ3) is 2.18. The smallest absolute Gasteiger partial charge is 0.356 e. The first-order chi connectivity index (χ1) is 8.02. The van der Waals surface area contributed by atoms with Gasteiger partial charge in [0, 0.05) is 15.8 Å². The molecule has 2 aromatic rings. The Bertz CT molecular complexity index is 616. The van der Waals surface area contributed by atoms with Gasteiger partial charge in [-0.25, -0.2) is 14.2 Å². The fourth-order valence-electron chi connectivity index (χ4n) is 1.45. The van der Waals surface area contributed by atoms with Crippen molar-refractivity contribution >= 4 is 39.9 Å². The van der Waals surface area contributed by atoms with Crippen LogP contribution < -0.4 is 0 Å². The number of aromatic nitrogens is 1. The van der Waals surface area contributed by atoms with Crippen molar-refractivity contribution in [1.29, 1.82) is 0 Å². The highest BCUT2D eigenvalue weighted by atomic mass is 35.5. The summed E-state index contributed by atoms with van der Waals surface area (Å²) in [6.07, 6.45) is 0. The van der Waals surface area contributed by atoms with Gasteiger partial charge in [-0.2, -0.15) is 0 Å². The summed E-state index contributed by atoms with van der Waals surface area (Å²) in [6, 6.07) is 3.90. The van der Waals surface area contributed by atoms with Crippen molar-refractivity contribution in [2.45, 2.75) is 0 Å². The molecule has 0 aliphatic rings. The van der Waals surface area contributed by atoms with E-state index in [9.17, 15) is 9.18 Å². The average molecular weight is 274 g/mol. The molecule has 1 heterocycles. The number of pyridine rings is 1. The predicted octanol–water partition coefficient (Wildman–Crippen LogP) is 3.47. The number of nitrogens with zero attached hydrogens (tertiary/aromatic N) is 1. The van der Waals surface area contributed by atoms with E-state index in [4.69, 9.17) is 23.2 Å². The van der Waals surface area contributed by atoms with Gasteiger partial charge in [0.25, 0.3) is 0 Å². The molecule has 3 nitrogen and oxygen atoms in total. The summed E-state index contributed by atoms with van der Waals surface area (Å²) in [5, 5.41) is 0.743. The second-order valence-corrected chi connectivity index (χ2v) is 4.07. The van der Waals surface area contributed by atoms with Crippen LogP contribution in [-0.4, -0.2) is 18.1 Å². The third-order valence-corrected chi connectivity index (χ3v) is 2.72. The van der Waals surface area contributed by atoms with Crippen LogP contribution >= 0.6 is 23.2 Å². The molecule has 0 amide bonds. The summed E-state index contributed by atoms with van der Waals surface area (Å²) >= 11 is 11.6. The zero-order valence-electron chi connectivity index (χ0n) is 8.63. The number of carbonyl (C=O) groups is 1. The average Bonchev–Trinajstić information content (AvgIpc) is 2.29. The molecule has 0 saturated heterocycles. The van der Waals surface area contributed by atoms with Crippen molar-refractivity contribution in [2.75, 3.05) is 7.11 Å². The molecule has 0 fully saturated rings. The second kappa shape index (κ2) is 4.47. The zero-order chi connectivity index (χ0) is 12.6. The van der Waals surface area contributed by atoms with Crippen LogP contribution in [-0.2, 0) is 4.74 Å². The molecular formula is C11H6Cl2FNO2. The first-order valence-electron chi connectivity index (χ1n) is 4.56. The van der Waals surface area contributed by atoms with E-state index in [0.717, 1.165) is 6.07 Å².